The van der Waals surface area contributed by atoms with Gasteiger partial charge in [-0.3, -0.25) is 4.79 Å². The molecule has 1 aliphatic heterocycles. The third-order valence-electron chi connectivity index (χ3n) is 6.14. The van der Waals surface area contributed by atoms with E-state index in [0.717, 1.165) is 42.9 Å². The Morgan fingerprint density at radius 2 is 1.89 bits per heavy atom. The molecule has 0 bridgehead atoms. The third-order valence-corrected chi connectivity index (χ3v) is 6.42. The van der Waals surface area contributed by atoms with Crippen molar-refractivity contribution in [2.45, 2.75) is 45.6 Å². The van der Waals surface area contributed by atoms with Crippen LogP contribution in [0.1, 0.15) is 54.1 Å². The molecular formula is C27H32ClN5O2. The number of amides is 1. The van der Waals surface area contributed by atoms with Crippen molar-refractivity contribution in [1.82, 2.24) is 20.6 Å². The highest BCUT2D eigenvalue weighted by atomic mass is 35.5. The van der Waals surface area contributed by atoms with Crippen LogP contribution >= 0.6 is 11.6 Å². The summed E-state index contributed by atoms with van der Waals surface area (Å²) >= 11 is 6.48. The molecule has 2 heterocycles. The number of nitrogens with zero attached hydrogens (tertiary/aromatic N) is 2. The van der Waals surface area contributed by atoms with Crippen molar-refractivity contribution in [3.63, 3.8) is 0 Å². The fourth-order valence-electron chi connectivity index (χ4n) is 4.36. The molecule has 184 valence electrons. The summed E-state index contributed by atoms with van der Waals surface area (Å²) in [6.45, 7) is 8.25. The van der Waals surface area contributed by atoms with E-state index >= 15 is 0 Å². The molecule has 1 aromatic heterocycles. The number of halogens is 1. The largest absolute Gasteiger partial charge is 0.489 e. The number of ether oxygens (including phenoxy) is 1. The molecule has 1 fully saturated rings. The molecule has 0 atom stereocenters. The summed E-state index contributed by atoms with van der Waals surface area (Å²) in [6, 6.07) is 11.4. The smallest absolute Gasteiger partial charge is 0.251 e. The summed E-state index contributed by atoms with van der Waals surface area (Å²) in [5, 5.41) is 9.85. The van der Waals surface area contributed by atoms with E-state index in [4.69, 9.17) is 16.3 Å². The van der Waals surface area contributed by atoms with Gasteiger partial charge in [-0.05, 0) is 88.0 Å². The molecule has 0 radical (unpaired) electrons. The zero-order valence-electron chi connectivity index (χ0n) is 20.6. The molecule has 1 aliphatic rings. The van der Waals surface area contributed by atoms with Crippen LogP contribution < -0.4 is 20.7 Å². The highest BCUT2D eigenvalue weighted by Crippen LogP contribution is 2.38. The lowest BCUT2D eigenvalue weighted by atomic mass is 9.87. The standard InChI is InChI=1S/C27H32ClN5O2/c1-16(2)35-24-14-21(18-9-11-30-12-10-18)17(3)13-23(24)32-26-22(28)15-31-25(33-26)19-5-7-20(8-6-19)27(34)29-4/h5-8,13-16,18,30H,9-12H2,1-4H3,(H,29,34)(H,31,32,33). The number of benzene rings is 2. The number of hydrogen-bond acceptors (Lipinski definition) is 6. The van der Waals surface area contributed by atoms with Crippen LogP contribution in [0.2, 0.25) is 5.02 Å². The zero-order chi connectivity index (χ0) is 24.9. The number of piperidine rings is 1. The normalized spacial score (nSPS) is 14.1. The highest BCUT2D eigenvalue weighted by Gasteiger charge is 2.21. The summed E-state index contributed by atoms with van der Waals surface area (Å²) < 4.78 is 6.20. The maximum Gasteiger partial charge on any atom is 0.251 e. The Bertz CT molecular complexity index is 1190. The number of hydrogen-bond donors (Lipinski definition) is 3. The first kappa shape index (κ1) is 24.9. The van der Waals surface area contributed by atoms with E-state index in [2.05, 4.69) is 45.0 Å². The predicted molar refractivity (Wildman–Crippen MR) is 141 cm³/mol. The number of carbonyl (C=O) groups excluding carboxylic acids is 1. The molecule has 3 N–H and O–H groups in total. The lowest BCUT2D eigenvalue weighted by Crippen LogP contribution is -2.27. The van der Waals surface area contributed by atoms with Gasteiger partial charge in [0.2, 0.25) is 0 Å². The van der Waals surface area contributed by atoms with Gasteiger partial charge in [0, 0.05) is 18.2 Å². The monoisotopic (exact) mass is 493 g/mol. The zero-order valence-corrected chi connectivity index (χ0v) is 21.4. The summed E-state index contributed by atoms with van der Waals surface area (Å²) in [4.78, 5) is 20.9. The molecule has 4 rings (SSSR count). The number of carbonyl (C=O) groups is 1. The van der Waals surface area contributed by atoms with Crippen molar-refractivity contribution in [3.05, 3.63) is 64.3 Å². The van der Waals surface area contributed by atoms with E-state index in [1.807, 2.05) is 26.0 Å². The molecule has 3 aromatic rings. The first-order valence-electron chi connectivity index (χ1n) is 12.0. The molecule has 7 nitrogen and oxygen atoms in total. The molecular weight excluding hydrogens is 462 g/mol. The summed E-state index contributed by atoms with van der Waals surface area (Å²) in [6.07, 6.45) is 3.84. The molecule has 0 unspecified atom stereocenters. The molecule has 0 aliphatic carbocycles. The van der Waals surface area contributed by atoms with Gasteiger partial charge in [-0.15, -0.1) is 0 Å². The fraction of sp³-hybridized carbons (Fsp3) is 0.370. The van der Waals surface area contributed by atoms with Crippen molar-refractivity contribution in [1.29, 1.82) is 0 Å². The number of aromatic nitrogens is 2. The molecule has 1 amide bonds. The first-order valence-corrected chi connectivity index (χ1v) is 12.4. The van der Waals surface area contributed by atoms with E-state index in [1.54, 1.807) is 25.4 Å². The number of nitrogens with one attached hydrogen (secondary N) is 3. The molecule has 1 saturated heterocycles. The second kappa shape index (κ2) is 11.1. The molecule has 0 spiro atoms. The molecule has 35 heavy (non-hydrogen) atoms. The topological polar surface area (TPSA) is 88.2 Å². The van der Waals surface area contributed by atoms with E-state index in [-0.39, 0.29) is 12.0 Å². The minimum Gasteiger partial charge on any atom is -0.489 e. The number of rotatable bonds is 7. The summed E-state index contributed by atoms with van der Waals surface area (Å²) in [5.41, 5.74) is 4.72. The summed E-state index contributed by atoms with van der Waals surface area (Å²) in [7, 11) is 1.61. The van der Waals surface area contributed by atoms with Gasteiger partial charge < -0.3 is 20.7 Å². The minimum absolute atomic E-state index is 0.0226. The minimum atomic E-state index is -0.142. The van der Waals surface area contributed by atoms with Crippen LogP contribution in [0.15, 0.2) is 42.6 Å². The van der Waals surface area contributed by atoms with Gasteiger partial charge in [-0.2, -0.15) is 0 Å². The lowest BCUT2D eigenvalue weighted by Gasteiger charge is -2.26. The van der Waals surface area contributed by atoms with Crippen molar-refractivity contribution in [3.8, 4) is 17.1 Å². The fourth-order valence-corrected chi connectivity index (χ4v) is 4.50. The van der Waals surface area contributed by atoms with Crippen molar-refractivity contribution < 1.29 is 9.53 Å². The van der Waals surface area contributed by atoms with Gasteiger partial charge in [-0.25, -0.2) is 9.97 Å². The van der Waals surface area contributed by atoms with Crippen LogP contribution in [0.5, 0.6) is 5.75 Å². The van der Waals surface area contributed by atoms with Crippen LogP contribution in [0, 0.1) is 6.92 Å². The van der Waals surface area contributed by atoms with Crippen molar-refractivity contribution in [2.75, 3.05) is 25.5 Å². The Morgan fingerprint density at radius 1 is 1.17 bits per heavy atom. The van der Waals surface area contributed by atoms with E-state index in [0.29, 0.717) is 28.1 Å². The van der Waals surface area contributed by atoms with Crippen LogP contribution in [0.4, 0.5) is 11.5 Å². The first-order chi connectivity index (χ1) is 16.9. The van der Waals surface area contributed by atoms with Crippen LogP contribution in [-0.4, -0.2) is 42.1 Å². The van der Waals surface area contributed by atoms with Gasteiger partial charge >= 0.3 is 0 Å². The average Bonchev–Trinajstić information content (AvgIpc) is 2.86. The van der Waals surface area contributed by atoms with Crippen LogP contribution in [0.3, 0.4) is 0 Å². The molecule has 0 saturated carbocycles. The predicted octanol–water partition coefficient (Wildman–Crippen LogP) is 5.46. The van der Waals surface area contributed by atoms with E-state index < -0.39 is 0 Å². The van der Waals surface area contributed by atoms with Gasteiger partial charge in [0.25, 0.3) is 5.91 Å². The van der Waals surface area contributed by atoms with Gasteiger partial charge in [-0.1, -0.05) is 23.7 Å². The Kier molecular flexibility index (Phi) is 7.88. The second-order valence-corrected chi connectivity index (χ2v) is 9.47. The molecule has 8 heteroatoms. The van der Waals surface area contributed by atoms with Gasteiger partial charge in [0.15, 0.2) is 11.6 Å². The Morgan fingerprint density at radius 3 is 2.54 bits per heavy atom. The van der Waals surface area contributed by atoms with Gasteiger partial charge in [0.1, 0.15) is 10.8 Å². The lowest BCUT2D eigenvalue weighted by molar-refractivity contribution is 0.0963. The quantitative estimate of drug-likeness (QED) is 0.405. The van der Waals surface area contributed by atoms with E-state index in [1.165, 1.54) is 11.1 Å². The van der Waals surface area contributed by atoms with Crippen LogP contribution in [0.25, 0.3) is 11.4 Å². The molecule has 2 aromatic carbocycles. The number of aryl methyl sites for hydroxylation is 1. The summed E-state index contributed by atoms with van der Waals surface area (Å²) in [5.74, 6) is 2.17. The van der Waals surface area contributed by atoms with Crippen molar-refractivity contribution in [2.24, 2.45) is 0 Å². The Hall–Kier alpha value is -3.16. The Labute approximate surface area is 211 Å². The second-order valence-electron chi connectivity index (χ2n) is 9.07. The SMILES string of the molecule is CNC(=O)c1ccc(-c2ncc(Cl)c(Nc3cc(C)c(C4CCNCC4)cc3OC(C)C)n2)cc1. The van der Waals surface area contributed by atoms with E-state index in [9.17, 15) is 4.79 Å². The maximum atomic E-state index is 11.8. The average molecular weight is 494 g/mol. The number of anilines is 2. The maximum absolute atomic E-state index is 11.8. The van der Waals surface area contributed by atoms with Crippen molar-refractivity contribution >= 4 is 29.0 Å². The Balaban J connectivity index is 1.66. The highest BCUT2D eigenvalue weighted by molar-refractivity contribution is 6.33. The van der Waals surface area contributed by atoms with Gasteiger partial charge in [0.05, 0.1) is 18.0 Å². The third kappa shape index (κ3) is 5.92. The van der Waals surface area contributed by atoms with Crippen LogP contribution in [-0.2, 0) is 0 Å².